The van der Waals surface area contributed by atoms with Crippen molar-refractivity contribution in [3.05, 3.63) is 44.1 Å². The van der Waals surface area contributed by atoms with E-state index in [2.05, 4.69) is 10.6 Å². The van der Waals surface area contributed by atoms with E-state index in [-0.39, 0.29) is 5.41 Å². The van der Waals surface area contributed by atoms with E-state index in [0.29, 0.717) is 26.3 Å². The third-order valence-electron chi connectivity index (χ3n) is 3.21. The second-order valence-electron chi connectivity index (χ2n) is 6.33. The molecule has 0 unspecified atom stereocenters. The molecule has 1 heterocycles. The molecule has 2 rings (SSSR count). The van der Waals surface area contributed by atoms with Gasteiger partial charge in [0.1, 0.15) is 4.88 Å². The summed E-state index contributed by atoms with van der Waals surface area (Å²) in [5, 5.41) is 6.13. The Morgan fingerprint density at radius 3 is 2.16 bits per heavy atom. The maximum atomic E-state index is 12.3. The lowest BCUT2D eigenvalue weighted by Crippen LogP contribution is -2.20. The highest BCUT2D eigenvalue weighted by Gasteiger charge is 2.24. The number of urea groups is 1. The Balaban J connectivity index is 2.24. The molecule has 0 aliphatic rings. The smallest absolute Gasteiger partial charge is 0.350 e. The zero-order valence-electron chi connectivity index (χ0n) is 14.2. The van der Waals surface area contributed by atoms with E-state index < -0.39 is 12.0 Å². The average Bonchev–Trinajstić information content (AvgIpc) is 2.89. The number of thiophene rings is 1. The Bertz CT molecular complexity index is 792. The average molecular weight is 401 g/mol. The van der Waals surface area contributed by atoms with Crippen LogP contribution in [0.25, 0.3) is 0 Å². The summed E-state index contributed by atoms with van der Waals surface area (Å²) in [5.41, 5.74) is 0.679. The van der Waals surface area contributed by atoms with Crippen molar-refractivity contribution >= 4 is 57.9 Å². The van der Waals surface area contributed by atoms with Gasteiger partial charge in [-0.15, -0.1) is 11.3 Å². The highest BCUT2D eigenvalue weighted by molar-refractivity contribution is 7.14. The van der Waals surface area contributed by atoms with E-state index in [1.165, 1.54) is 18.4 Å². The molecule has 2 aromatic rings. The van der Waals surface area contributed by atoms with E-state index in [1.54, 1.807) is 24.3 Å². The van der Waals surface area contributed by atoms with Crippen LogP contribution in [0.1, 0.15) is 35.3 Å². The van der Waals surface area contributed by atoms with Crippen molar-refractivity contribution in [2.75, 3.05) is 17.7 Å². The normalized spacial score (nSPS) is 11.1. The molecule has 1 aromatic carbocycles. The van der Waals surface area contributed by atoms with Crippen LogP contribution in [0.2, 0.25) is 10.0 Å². The largest absolute Gasteiger partial charge is 0.465 e. The van der Waals surface area contributed by atoms with Gasteiger partial charge < -0.3 is 15.4 Å². The van der Waals surface area contributed by atoms with Crippen LogP contribution in [-0.2, 0) is 10.2 Å². The van der Waals surface area contributed by atoms with Crippen LogP contribution in [0, 0.1) is 0 Å². The summed E-state index contributed by atoms with van der Waals surface area (Å²) in [6.07, 6.45) is 0. The van der Waals surface area contributed by atoms with Gasteiger partial charge in [0.15, 0.2) is 0 Å². The van der Waals surface area contributed by atoms with Crippen molar-refractivity contribution in [1.29, 1.82) is 0 Å². The molecule has 0 bridgehead atoms. The van der Waals surface area contributed by atoms with Gasteiger partial charge in [-0.2, -0.15) is 0 Å². The molecule has 25 heavy (non-hydrogen) atoms. The predicted molar refractivity (Wildman–Crippen MR) is 103 cm³/mol. The lowest BCUT2D eigenvalue weighted by Gasteiger charge is -2.15. The Hall–Kier alpha value is -1.76. The first-order chi connectivity index (χ1) is 11.6. The van der Waals surface area contributed by atoms with E-state index in [9.17, 15) is 9.59 Å². The number of hydrogen-bond donors (Lipinski definition) is 2. The predicted octanol–water partition coefficient (Wildman–Crippen LogP) is 5.78. The fourth-order valence-electron chi connectivity index (χ4n) is 2.01. The first-order valence-corrected chi connectivity index (χ1v) is 8.94. The number of hydrogen-bond acceptors (Lipinski definition) is 4. The summed E-state index contributed by atoms with van der Waals surface area (Å²) in [6, 6.07) is 5.98. The molecule has 0 saturated carbocycles. The number of carbonyl (C=O) groups is 2. The topological polar surface area (TPSA) is 67.4 Å². The zero-order chi connectivity index (χ0) is 18.8. The lowest BCUT2D eigenvalue weighted by atomic mass is 9.94. The van der Waals surface area contributed by atoms with E-state index >= 15 is 0 Å². The molecule has 134 valence electrons. The lowest BCUT2D eigenvalue weighted by molar-refractivity contribution is 0.0607. The Morgan fingerprint density at radius 2 is 1.64 bits per heavy atom. The summed E-state index contributed by atoms with van der Waals surface area (Å²) in [4.78, 5) is 25.5. The second-order valence-corrected chi connectivity index (χ2v) is 8.26. The summed E-state index contributed by atoms with van der Waals surface area (Å²) < 4.78 is 4.80. The van der Waals surface area contributed by atoms with Crippen LogP contribution >= 0.6 is 34.5 Å². The molecular weight excluding hydrogens is 383 g/mol. The van der Waals surface area contributed by atoms with Crippen LogP contribution in [0.3, 0.4) is 0 Å². The highest BCUT2D eigenvalue weighted by atomic mass is 35.5. The number of methoxy groups -OCH3 is 1. The van der Waals surface area contributed by atoms with E-state index in [0.717, 1.165) is 4.88 Å². The molecule has 0 aliphatic carbocycles. The van der Waals surface area contributed by atoms with Gasteiger partial charge in [0.25, 0.3) is 0 Å². The Labute approximate surface area is 160 Å². The maximum absolute atomic E-state index is 12.3. The highest BCUT2D eigenvalue weighted by Crippen LogP contribution is 2.36. The van der Waals surface area contributed by atoms with Crippen molar-refractivity contribution in [2.24, 2.45) is 0 Å². The van der Waals surface area contributed by atoms with Gasteiger partial charge in [0, 0.05) is 20.6 Å². The minimum absolute atomic E-state index is 0.162. The molecule has 8 heteroatoms. The Morgan fingerprint density at radius 1 is 1.04 bits per heavy atom. The molecule has 5 nitrogen and oxygen atoms in total. The van der Waals surface area contributed by atoms with E-state index in [1.807, 2.05) is 20.8 Å². The molecule has 2 N–H and O–H groups in total. The van der Waals surface area contributed by atoms with Crippen molar-refractivity contribution in [2.45, 2.75) is 26.2 Å². The number of amides is 2. The van der Waals surface area contributed by atoms with Crippen LogP contribution in [0.15, 0.2) is 24.3 Å². The summed E-state index contributed by atoms with van der Waals surface area (Å²) in [5.74, 6) is -0.499. The van der Waals surface area contributed by atoms with Crippen molar-refractivity contribution in [1.82, 2.24) is 0 Å². The molecule has 0 aliphatic heterocycles. The fraction of sp³-hybridized carbons (Fsp3) is 0.294. The van der Waals surface area contributed by atoms with Crippen LogP contribution in [0.5, 0.6) is 0 Å². The number of benzene rings is 1. The summed E-state index contributed by atoms with van der Waals surface area (Å²) >= 11 is 13.1. The molecule has 0 saturated heterocycles. The van der Waals surface area contributed by atoms with Crippen molar-refractivity contribution < 1.29 is 14.3 Å². The zero-order valence-corrected chi connectivity index (χ0v) is 16.5. The summed E-state index contributed by atoms with van der Waals surface area (Å²) in [7, 11) is 1.30. The van der Waals surface area contributed by atoms with Gasteiger partial charge in [0.05, 0.1) is 12.8 Å². The maximum Gasteiger partial charge on any atom is 0.350 e. The first-order valence-electron chi connectivity index (χ1n) is 7.37. The standard InChI is InChI=1S/C17H18Cl2N2O3S/c1-17(2,3)13-8-12(14(25-13)15(22)24-4)21-16(23)20-11-6-9(18)5-10(19)7-11/h5-8H,1-4H3,(H2,20,21,23). The SMILES string of the molecule is COC(=O)c1sc(C(C)(C)C)cc1NC(=O)Nc1cc(Cl)cc(Cl)c1. The monoisotopic (exact) mass is 400 g/mol. The molecule has 0 spiro atoms. The number of anilines is 2. The number of carbonyl (C=O) groups excluding carboxylic acids is 2. The van der Waals surface area contributed by atoms with Crippen molar-refractivity contribution in [3.8, 4) is 0 Å². The fourth-order valence-corrected chi connectivity index (χ4v) is 3.62. The number of halogens is 2. The van der Waals surface area contributed by atoms with Gasteiger partial charge >= 0.3 is 12.0 Å². The number of esters is 1. The minimum atomic E-state index is -0.512. The third kappa shape index (κ3) is 5.11. The van der Waals surface area contributed by atoms with Gasteiger partial charge in [-0.25, -0.2) is 9.59 Å². The van der Waals surface area contributed by atoms with Gasteiger partial charge in [0.2, 0.25) is 0 Å². The number of rotatable bonds is 3. The third-order valence-corrected chi connectivity index (χ3v) is 5.19. The van der Waals surface area contributed by atoms with E-state index in [4.69, 9.17) is 27.9 Å². The second kappa shape index (κ2) is 7.64. The quantitative estimate of drug-likeness (QED) is 0.641. The molecule has 0 radical (unpaired) electrons. The Kier molecular flexibility index (Phi) is 5.98. The van der Waals surface area contributed by atoms with Crippen LogP contribution < -0.4 is 10.6 Å². The summed E-state index contributed by atoms with van der Waals surface area (Å²) in [6.45, 7) is 6.08. The van der Waals surface area contributed by atoms with Gasteiger partial charge in [-0.05, 0) is 29.7 Å². The van der Waals surface area contributed by atoms with Crippen molar-refractivity contribution in [3.63, 3.8) is 0 Å². The molecule has 1 aromatic heterocycles. The number of nitrogens with one attached hydrogen (secondary N) is 2. The molecule has 0 atom stereocenters. The first kappa shape index (κ1) is 19.6. The van der Waals surface area contributed by atoms with Gasteiger partial charge in [-0.3, -0.25) is 0 Å². The van der Waals surface area contributed by atoms with Gasteiger partial charge in [-0.1, -0.05) is 44.0 Å². The van der Waals surface area contributed by atoms with Crippen LogP contribution in [-0.4, -0.2) is 19.1 Å². The minimum Gasteiger partial charge on any atom is -0.465 e. The molecule has 2 amide bonds. The number of ether oxygens (including phenoxy) is 1. The van der Waals surface area contributed by atoms with Crippen LogP contribution in [0.4, 0.5) is 16.2 Å². The molecule has 0 fully saturated rings. The molecular formula is C17H18Cl2N2O3S.